The molecule has 0 aliphatic rings. The molecule has 1 N–H and O–H groups in total. The number of hydrogen-bond acceptors (Lipinski definition) is 3. The highest BCUT2D eigenvalue weighted by Gasteiger charge is 2.24. The largest absolute Gasteiger partial charge is 0.266 e. The van der Waals surface area contributed by atoms with E-state index in [0.29, 0.717) is 13.1 Å². The molecule has 0 fully saturated rings. The zero-order valence-electron chi connectivity index (χ0n) is 10.5. The van der Waals surface area contributed by atoms with Crippen molar-refractivity contribution in [1.29, 1.82) is 0 Å². The second-order valence-electron chi connectivity index (χ2n) is 4.03. The van der Waals surface area contributed by atoms with Gasteiger partial charge in [0.2, 0.25) is 0 Å². The van der Waals surface area contributed by atoms with E-state index in [0.717, 1.165) is 25.7 Å². The molecule has 0 aromatic carbocycles. The lowest BCUT2D eigenvalue weighted by atomic mass is 10.3. The predicted octanol–water partition coefficient (Wildman–Crippen LogP) is 2.00. The molecule has 1 rings (SSSR count). The molecule has 5 nitrogen and oxygen atoms in total. The van der Waals surface area contributed by atoms with Crippen LogP contribution in [-0.4, -0.2) is 36.0 Å². The van der Waals surface area contributed by atoms with Crippen LogP contribution in [0.5, 0.6) is 0 Å². The minimum absolute atomic E-state index is 0.185. The van der Waals surface area contributed by atoms with Gasteiger partial charge in [-0.1, -0.05) is 26.7 Å². The number of sulfonamides is 1. The van der Waals surface area contributed by atoms with E-state index < -0.39 is 10.0 Å². The number of nitrogens with zero attached hydrogens (tertiary/aromatic N) is 2. The van der Waals surface area contributed by atoms with Crippen molar-refractivity contribution in [3.63, 3.8) is 0 Å². The van der Waals surface area contributed by atoms with Gasteiger partial charge < -0.3 is 0 Å². The van der Waals surface area contributed by atoms with Crippen molar-refractivity contribution >= 4 is 10.0 Å². The minimum Gasteiger partial charge on any atom is -0.266 e. The summed E-state index contributed by atoms with van der Waals surface area (Å²) in [6, 6.07) is 1.50. The minimum atomic E-state index is -3.39. The highest BCUT2D eigenvalue weighted by Crippen LogP contribution is 2.14. The van der Waals surface area contributed by atoms with Crippen LogP contribution >= 0.6 is 0 Å². The topological polar surface area (TPSA) is 66.1 Å². The Balaban J connectivity index is 2.80. The molecule has 0 spiro atoms. The van der Waals surface area contributed by atoms with Gasteiger partial charge in [0.25, 0.3) is 10.0 Å². The Bertz CT molecular complexity index is 392. The molecule has 0 amide bonds. The van der Waals surface area contributed by atoms with Crippen LogP contribution in [0, 0.1) is 0 Å². The third-order valence-corrected chi connectivity index (χ3v) is 4.44. The number of nitrogens with one attached hydrogen (secondary N) is 1. The van der Waals surface area contributed by atoms with Crippen molar-refractivity contribution in [3.8, 4) is 0 Å². The van der Waals surface area contributed by atoms with Crippen molar-refractivity contribution in [2.45, 2.75) is 44.6 Å². The lowest BCUT2D eigenvalue weighted by Crippen LogP contribution is -2.33. The van der Waals surface area contributed by atoms with Gasteiger partial charge in [-0.25, -0.2) is 8.42 Å². The van der Waals surface area contributed by atoms with E-state index in [1.165, 1.54) is 12.3 Å². The van der Waals surface area contributed by atoms with E-state index in [2.05, 4.69) is 24.0 Å². The van der Waals surface area contributed by atoms with E-state index >= 15 is 0 Å². The predicted molar refractivity (Wildman–Crippen MR) is 67.2 cm³/mol. The molecule has 0 aliphatic carbocycles. The molecule has 6 heteroatoms. The van der Waals surface area contributed by atoms with Crippen LogP contribution in [0.25, 0.3) is 0 Å². The number of H-pyrrole nitrogens is 1. The molecule has 1 aromatic rings. The zero-order chi connectivity index (χ0) is 12.7. The van der Waals surface area contributed by atoms with Crippen LogP contribution in [0.1, 0.15) is 39.5 Å². The van der Waals surface area contributed by atoms with Crippen LogP contribution in [-0.2, 0) is 10.0 Å². The Morgan fingerprint density at radius 2 is 1.82 bits per heavy atom. The van der Waals surface area contributed by atoms with Crippen LogP contribution < -0.4 is 0 Å². The molecule has 17 heavy (non-hydrogen) atoms. The van der Waals surface area contributed by atoms with E-state index in [9.17, 15) is 8.42 Å². The lowest BCUT2D eigenvalue weighted by Gasteiger charge is -2.20. The molecule has 98 valence electrons. The third-order valence-electron chi connectivity index (χ3n) is 2.62. The number of hydrogen-bond donors (Lipinski definition) is 1. The first-order valence-electron chi connectivity index (χ1n) is 6.12. The summed E-state index contributed by atoms with van der Waals surface area (Å²) in [5.41, 5.74) is 0. The van der Waals surface area contributed by atoms with Crippen molar-refractivity contribution in [1.82, 2.24) is 14.5 Å². The molecular formula is C11H21N3O2S. The molecule has 0 aliphatic heterocycles. The first-order valence-corrected chi connectivity index (χ1v) is 7.56. The number of unbranched alkanes of at least 4 members (excludes halogenated alkanes) is 2. The average molecular weight is 259 g/mol. The summed E-state index contributed by atoms with van der Waals surface area (Å²) in [7, 11) is -3.39. The molecule has 0 bridgehead atoms. The second kappa shape index (κ2) is 6.76. The van der Waals surface area contributed by atoms with Gasteiger partial charge in [0, 0.05) is 13.1 Å². The van der Waals surface area contributed by atoms with Gasteiger partial charge in [0.05, 0.1) is 6.20 Å². The highest BCUT2D eigenvalue weighted by atomic mass is 32.2. The van der Waals surface area contributed by atoms with Crippen molar-refractivity contribution in [2.75, 3.05) is 13.1 Å². The number of aromatic nitrogens is 2. The van der Waals surface area contributed by atoms with Crippen molar-refractivity contribution < 1.29 is 8.42 Å². The van der Waals surface area contributed by atoms with Gasteiger partial charge in [0.15, 0.2) is 5.03 Å². The maximum atomic E-state index is 12.3. The Morgan fingerprint density at radius 3 is 2.24 bits per heavy atom. The fourth-order valence-corrected chi connectivity index (χ4v) is 2.96. The second-order valence-corrected chi connectivity index (χ2v) is 5.94. The molecule has 0 unspecified atom stereocenters. The molecule has 1 heterocycles. The highest BCUT2D eigenvalue weighted by molar-refractivity contribution is 7.89. The van der Waals surface area contributed by atoms with Crippen LogP contribution in [0.3, 0.4) is 0 Å². The first-order chi connectivity index (χ1) is 8.12. The summed E-state index contributed by atoms with van der Waals surface area (Å²) >= 11 is 0. The Kier molecular flexibility index (Phi) is 5.64. The fraction of sp³-hybridized carbons (Fsp3) is 0.727. The number of aromatic amines is 1. The van der Waals surface area contributed by atoms with Gasteiger partial charge in [-0.2, -0.15) is 9.40 Å². The normalized spacial score (nSPS) is 12.2. The summed E-state index contributed by atoms with van der Waals surface area (Å²) in [6.45, 7) is 5.28. The molecule has 0 saturated heterocycles. The maximum absolute atomic E-state index is 12.3. The summed E-state index contributed by atoms with van der Waals surface area (Å²) < 4.78 is 26.1. The molecule has 0 radical (unpaired) electrons. The molecule has 0 saturated carbocycles. The zero-order valence-corrected chi connectivity index (χ0v) is 11.3. The Hall–Kier alpha value is -0.880. The summed E-state index contributed by atoms with van der Waals surface area (Å²) in [5, 5.41) is 6.42. The summed E-state index contributed by atoms with van der Waals surface area (Å²) in [6.07, 6.45) is 5.21. The average Bonchev–Trinajstić information content (AvgIpc) is 2.83. The SMILES string of the molecule is CCCCN(CCCC)S(=O)(=O)c1ccn[nH]1. The Labute approximate surface area is 103 Å². The van der Waals surface area contributed by atoms with Gasteiger partial charge in [-0.15, -0.1) is 0 Å². The summed E-state index contributed by atoms with van der Waals surface area (Å²) in [4.78, 5) is 0. The van der Waals surface area contributed by atoms with Crippen molar-refractivity contribution in [2.24, 2.45) is 0 Å². The third kappa shape index (κ3) is 3.81. The molecule has 1 aromatic heterocycles. The first kappa shape index (κ1) is 14.2. The van der Waals surface area contributed by atoms with Crippen LogP contribution in [0.15, 0.2) is 17.3 Å². The van der Waals surface area contributed by atoms with Gasteiger partial charge in [-0.05, 0) is 18.9 Å². The van der Waals surface area contributed by atoms with E-state index in [-0.39, 0.29) is 5.03 Å². The Morgan fingerprint density at radius 1 is 1.24 bits per heavy atom. The smallest absolute Gasteiger partial charge is 0.259 e. The number of rotatable bonds is 8. The monoisotopic (exact) mass is 259 g/mol. The quantitative estimate of drug-likeness (QED) is 0.776. The molecule has 0 atom stereocenters. The fourth-order valence-electron chi connectivity index (χ4n) is 1.55. The summed E-state index contributed by atoms with van der Waals surface area (Å²) in [5.74, 6) is 0. The van der Waals surface area contributed by atoms with E-state index in [1.807, 2.05) is 0 Å². The molecular weight excluding hydrogens is 238 g/mol. The van der Waals surface area contributed by atoms with Gasteiger partial charge >= 0.3 is 0 Å². The van der Waals surface area contributed by atoms with Crippen LogP contribution in [0.4, 0.5) is 0 Å². The van der Waals surface area contributed by atoms with E-state index in [1.54, 1.807) is 4.31 Å². The van der Waals surface area contributed by atoms with Crippen molar-refractivity contribution in [3.05, 3.63) is 12.3 Å². The van der Waals surface area contributed by atoms with Gasteiger partial charge in [0.1, 0.15) is 0 Å². The van der Waals surface area contributed by atoms with E-state index in [4.69, 9.17) is 0 Å². The maximum Gasteiger partial charge on any atom is 0.259 e. The van der Waals surface area contributed by atoms with Crippen LogP contribution in [0.2, 0.25) is 0 Å². The standard InChI is InChI=1S/C11H21N3O2S/c1-3-5-9-14(10-6-4-2)17(15,16)11-7-8-12-13-11/h7-8H,3-6,9-10H2,1-2H3,(H,12,13). The van der Waals surface area contributed by atoms with Gasteiger partial charge in [-0.3, -0.25) is 5.10 Å². The lowest BCUT2D eigenvalue weighted by molar-refractivity contribution is 0.393.